The molecular weight excluding hydrogens is 328 g/mol. The van der Waals surface area contributed by atoms with Gasteiger partial charge in [0.2, 0.25) is 0 Å². The molecule has 2 heterocycles. The van der Waals surface area contributed by atoms with Gasteiger partial charge in [0, 0.05) is 17.1 Å². The molecule has 7 heteroatoms. The van der Waals surface area contributed by atoms with Crippen molar-refractivity contribution in [3.8, 4) is 0 Å². The first-order chi connectivity index (χ1) is 11.6. The normalized spacial score (nSPS) is 10.5. The molecule has 1 aromatic carbocycles. The second kappa shape index (κ2) is 7.10. The second-order valence-electron chi connectivity index (χ2n) is 5.05. The van der Waals surface area contributed by atoms with E-state index in [0.29, 0.717) is 4.88 Å². The van der Waals surface area contributed by atoms with Gasteiger partial charge in [-0.3, -0.25) is 19.7 Å². The average molecular weight is 342 g/mol. The largest absolute Gasteiger partial charge is 0.455 e. The summed E-state index contributed by atoms with van der Waals surface area (Å²) in [6.45, 7) is -0.488. The number of aromatic nitrogens is 1. The molecule has 2 N–H and O–H groups in total. The fourth-order valence-corrected chi connectivity index (χ4v) is 2.88. The Bertz CT molecular complexity index is 883. The molecule has 0 saturated carbocycles. The van der Waals surface area contributed by atoms with Gasteiger partial charge in [0.15, 0.2) is 6.61 Å². The molecule has 122 valence electrons. The molecular formula is C17H14N2O4S. The average Bonchev–Trinajstić information content (AvgIpc) is 3.23. The Kier molecular flexibility index (Phi) is 4.72. The Morgan fingerprint density at radius 3 is 2.75 bits per heavy atom. The van der Waals surface area contributed by atoms with Crippen LogP contribution in [0.3, 0.4) is 0 Å². The number of aromatic amines is 1. The molecule has 24 heavy (non-hydrogen) atoms. The first kappa shape index (κ1) is 15.9. The monoisotopic (exact) mass is 342 g/mol. The van der Waals surface area contributed by atoms with E-state index in [9.17, 15) is 14.4 Å². The van der Waals surface area contributed by atoms with Crippen LogP contribution in [0.2, 0.25) is 0 Å². The van der Waals surface area contributed by atoms with E-state index < -0.39 is 24.4 Å². The third-order valence-electron chi connectivity index (χ3n) is 3.37. The molecule has 3 aromatic rings. The van der Waals surface area contributed by atoms with E-state index in [1.165, 1.54) is 11.3 Å². The number of amides is 2. The molecule has 0 radical (unpaired) electrons. The number of carbonyl (C=O) groups is 3. The summed E-state index contributed by atoms with van der Waals surface area (Å²) in [4.78, 5) is 38.7. The number of nitrogens with one attached hydrogen (secondary N) is 2. The van der Waals surface area contributed by atoms with Gasteiger partial charge in [0.25, 0.3) is 11.8 Å². The van der Waals surface area contributed by atoms with Gasteiger partial charge in [-0.05, 0) is 23.1 Å². The van der Waals surface area contributed by atoms with Crippen molar-refractivity contribution in [3.05, 3.63) is 58.4 Å². The summed E-state index contributed by atoms with van der Waals surface area (Å²) in [5.41, 5.74) is 1.73. The Morgan fingerprint density at radius 2 is 1.96 bits per heavy atom. The van der Waals surface area contributed by atoms with Crippen LogP contribution in [-0.4, -0.2) is 29.4 Å². The Morgan fingerprint density at radius 1 is 1.12 bits per heavy atom. The molecule has 0 bridgehead atoms. The van der Waals surface area contributed by atoms with Gasteiger partial charge in [-0.25, -0.2) is 0 Å². The Labute approximate surface area is 141 Å². The molecule has 2 amide bonds. The molecule has 0 spiro atoms. The van der Waals surface area contributed by atoms with Gasteiger partial charge in [-0.15, -0.1) is 11.3 Å². The highest BCUT2D eigenvalue weighted by Gasteiger charge is 2.14. The van der Waals surface area contributed by atoms with Crippen molar-refractivity contribution in [2.45, 2.75) is 6.42 Å². The first-order valence-electron chi connectivity index (χ1n) is 7.22. The molecule has 0 saturated heterocycles. The number of para-hydroxylation sites is 1. The summed E-state index contributed by atoms with van der Waals surface area (Å²) in [6, 6.07) is 10.9. The van der Waals surface area contributed by atoms with Crippen LogP contribution >= 0.6 is 11.3 Å². The van der Waals surface area contributed by atoms with Gasteiger partial charge in [0.1, 0.15) is 0 Å². The summed E-state index contributed by atoms with van der Waals surface area (Å²) in [5.74, 6) is -1.68. The molecule has 0 fully saturated rings. The van der Waals surface area contributed by atoms with Crippen molar-refractivity contribution in [3.63, 3.8) is 0 Å². The minimum absolute atomic E-state index is 0.0518. The zero-order valence-electron chi connectivity index (χ0n) is 12.6. The minimum atomic E-state index is -0.652. The number of benzene rings is 1. The van der Waals surface area contributed by atoms with Crippen LogP contribution in [0.5, 0.6) is 0 Å². The van der Waals surface area contributed by atoms with E-state index >= 15 is 0 Å². The lowest BCUT2D eigenvalue weighted by Gasteiger charge is -2.05. The minimum Gasteiger partial charge on any atom is -0.455 e. The third kappa shape index (κ3) is 3.69. The molecule has 3 rings (SSSR count). The summed E-state index contributed by atoms with van der Waals surface area (Å²) in [5, 5.41) is 4.85. The molecule has 0 aliphatic heterocycles. The zero-order chi connectivity index (χ0) is 16.9. The molecule has 6 nitrogen and oxygen atoms in total. The van der Waals surface area contributed by atoms with Crippen LogP contribution in [0.25, 0.3) is 10.9 Å². The molecule has 0 unspecified atom stereocenters. The molecule has 0 aliphatic rings. The Balaban J connectivity index is 1.50. The summed E-state index contributed by atoms with van der Waals surface area (Å²) in [7, 11) is 0. The highest BCUT2D eigenvalue weighted by atomic mass is 32.1. The quantitative estimate of drug-likeness (QED) is 0.696. The van der Waals surface area contributed by atoms with Gasteiger partial charge in [0.05, 0.1) is 11.3 Å². The maximum atomic E-state index is 11.9. The summed E-state index contributed by atoms with van der Waals surface area (Å²) >= 11 is 1.23. The number of esters is 1. The number of rotatable bonds is 5. The highest BCUT2D eigenvalue weighted by molar-refractivity contribution is 7.12. The summed E-state index contributed by atoms with van der Waals surface area (Å²) < 4.78 is 4.93. The van der Waals surface area contributed by atoms with Gasteiger partial charge >= 0.3 is 5.97 Å². The van der Waals surface area contributed by atoms with Gasteiger partial charge < -0.3 is 9.72 Å². The van der Waals surface area contributed by atoms with Crippen molar-refractivity contribution in [1.29, 1.82) is 0 Å². The van der Waals surface area contributed by atoms with Crippen molar-refractivity contribution >= 4 is 40.0 Å². The highest BCUT2D eigenvalue weighted by Crippen LogP contribution is 2.18. The third-order valence-corrected chi connectivity index (χ3v) is 4.24. The van der Waals surface area contributed by atoms with E-state index in [1.807, 2.05) is 24.3 Å². The number of ether oxygens (including phenoxy) is 1. The predicted molar refractivity (Wildman–Crippen MR) is 89.8 cm³/mol. The van der Waals surface area contributed by atoms with E-state index in [1.54, 1.807) is 23.7 Å². The number of H-pyrrole nitrogens is 1. The Hall–Kier alpha value is -2.93. The topological polar surface area (TPSA) is 88.3 Å². The van der Waals surface area contributed by atoms with Crippen molar-refractivity contribution < 1.29 is 19.1 Å². The molecule has 0 atom stereocenters. The SMILES string of the molecule is O=C(COC(=O)Cc1c[nH]c2ccccc12)NC(=O)c1cccs1. The van der Waals surface area contributed by atoms with Gasteiger partial charge in [-0.2, -0.15) is 0 Å². The van der Waals surface area contributed by atoms with Crippen molar-refractivity contribution in [2.75, 3.05) is 6.61 Å². The van der Waals surface area contributed by atoms with E-state index in [0.717, 1.165) is 16.5 Å². The van der Waals surface area contributed by atoms with E-state index in [4.69, 9.17) is 4.74 Å². The fourth-order valence-electron chi connectivity index (χ4n) is 2.26. The number of carbonyl (C=O) groups excluding carboxylic acids is 3. The number of hydrogen-bond acceptors (Lipinski definition) is 5. The second-order valence-corrected chi connectivity index (χ2v) is 6.00. The maximum Gasteiger partial charge on any atom is 0.310 e. The van der Waals surface area contributed by atoms with Crippen molar-refractivity contribution in [1.82, 2.24) is 10.3 Å². The van der Waals surface area contributed by atoms with Crippen LogP contribution in [0, 0.1) is 0 Å². The van der Waals surface area contributed by atoms with Crippen LogP contribution in [0.15, 0.2) is 48.0 Å². The number of thiophene rings is 1. The lowest BCUT2D eigenvalue weighted by Crippen LogP contribution is -2.33. The number of imide groups is 1. The van der Waals surface area contributed by atoms with Crippen molar-refractivity contribution in [2.24, 2.45) is 0 Å². The number of fused-ring (bicyclic) bond motifs is 1. The van der Waals surface area contributed by atoms with Crippen LogP contribution in [0.1, 0.15) is 15.2 Å². The van der Waals surface area contributed by atoms with Crippen LogP contribution in [0.4, 0.5) is 0 Å². The number of hydrogen-bond donors (Lipinski definition) is 2. The van der Waals surface area contributed by atoms with E-state index in [2.05, 4.69) is 10.3 Å². The first-order valence-corrected chi connectivity index (χ1v) is 8.10. The lowest BCUT2D eigenvalue weighted by atomic mass is 10.1. The van der Waals surface area contributed by atoms with Gasteiger partial charge in [-0.1, -0.05) is 24.3 Å². The van der Waals surface area contributed by atoms with E-state index in [-0.39, 0.29) is 6.42 Å². The lowest BCUT2D eigenvalue weighted by molar-refractivity contribution is -0.147. The zero-order valence-corrected chi connectivity index (χ0v) is 13.4. The smallest absolute Gasteiger partial charge is 0.310 e. The van der Waals surface area contributed by atoms with Crippen LogP contribution in [-0.2, 0) is 20.7 Å². The van der Waals surface area contributed by atoms with Crippen LogP contribution < -0.4 is 5.32 Å². The summed E-state index contributed by atoms with van der Waals surface area (Å²) in [6.07, 6.45) is 1.79. The molecule has 2 aromatic heterocycles. The standard InChI is InChI=1S/C17H14N2O4S/c20-15(19-17(22)14-6-3-7-24-14)10-23-16(21)8-11-9-18-13-5-2-1-4-12(11)13/h1-7,9,18H,8,10H2,(H,19,20,22). The molecule has 0 aliphatic carbocycles. The fraction of sp³-hybridized carbons (Fsp3) is 0.118. The predicted octanol–water partition coefficient (Wildman–Crippen LogP) is 2.27. The maximum absolute atomic E-state index is 11.9.